The van der Waals surface area contributed by atoms with Crippen molar-refractivity contribution in [2.75, 3.05) is 5.75 Å². The molecule has 0 bridgehead atoms. The largest absolute Gasteiger partial charge is 0.464 e. The van der Waals surface area contributed by atoms with Crippen LogP contribution in [0.2, 0.25) is 5.02 Å². The third-order valence-corrected chi connectivity index (χ3v) is 4.07. The van der Waals surface area contributed by atoms with Gasteiger partial charge < -0.3 is 4.74 Å². The maximum absolute atomic E-state index is 11.8. The molecule has 1 aromatic rings. The molecule has 0 aliphatic rings. The second kappa shape index (κ2) is 5.32. The van der Waals surface area contributed by atoms with Crippen LogP contribution in [0.4, 0.5) is 0 Å². The van der Waals surface area contributed by atoms with Gasteiger partial charge in [-0.1, -0.05) is 11.6 Å². The molecule has 1 rings (SSSR count). The topological polar surface area (TPSA) is 60.4 Å². The predicted molar refractivity (Wildman–Crippen MR) is 60.1 cm³/mol. The minimum absolute atomic E-state index is 0.165. The molecule has 0 radical (unpaired) electrons. The number of halogens is 1. The Bertz CT molecular complexity index is 452. The van der Waals surface area contributed by atoms with Crippen molar-refractivity contribution >= 4 is 27.9 Å². The molecular weight excluding hydrogens is 252 g/mol. The van der Waals surface area contributed by atoms with E-state index in [-0.39, 0.29) is 17.1 Å². The summed E-state index contributed by atoms with van der Waals surface area (Å²) in [6.45, 7) is 1.75. The van der Waals surface area contributed by atoms with Crippen LogP contribution in [0.25, 0.3) is 0 Å². The number of rotatable bonds is 5. The number of hydrogen-bond acceptors (Lipinski definition) is 4. The second-order valence-corrected chi connectivity index (χ2v) is 5.75. The van der Waals surface area contributed by atoms with E-state index in [1.165, 1.54) is 31.2 Å². The SMILES string of the molecule is CC(CS(=O)(=O)c1ccc(Cl)cc1)OC=O. The smallest absolute Gasteiger partial charge is 0.293 e. The van der Waals surface area contributed by atoms with Crippen molar-refractivity contribution in [1.29, 1.82) is 0 Å². The lowest BCUT2D eigenvalue weighted by Gasteiger charge is -2.10. The minimum Gasteiger partial charge on any atom is -0.464 e. The van der Waals surface area contributed by atoms with Gasteiger partial charge in [-0.15, -0.1) is 0 Å². The Morgan fingerprint density at radius 3 is 2.44 bits per heavy atom. The molecule has 1 atom stereocenters. The Kier molecular flexibility index (Phi) is 4.32. The van der Waals surface area contributed by atoms with Gasteiger partial charge in [0.25, 0.3) is 6.47 Å². The van der Waals surface area contributed by atoms with Crippen LogP contribution in [-0.2, 0) is 19.4 Å². The predicted octanol–water partition coefficient (Wildman–Crippen LogP) is 1.68. The molecule has 0 aromatic heterocycles. The van der Waals surface area contributed by atoms with Gasteiger partial charge in [-0.3, -0.25) is 4.79 Å². The van der Waals surface area contributed by atoms with Gasteiger partial charge in [0.1, 0.15) is 6.10 Å². The van der Waals surface area contributed by atoms with Gasteiger partial charge in [0.2, 0.25) is 0 Å². The van der Waals surface area contributed by atoms with Crippen LogP contribution in [0.15, 0.2) is 29.2 Å². The molecule has 88 valence electrons. The van der Waals surface area contributed by atoms with E-state index in [9.17, 15) is 13.2 Å². The Morgan fingerprint density at radius 2 is 1.94 bits per heavy atom. The molecule has 0 N–H and O–H groups in total. The van der Waals surface area contributed by atoms with Crippen molar-refractivity contribution in [2.45, 2.75) is 17.9 Å². The highest BCUT2D eigenvalue weighted by Gasteiger charge is 2.18. The van der Waals surface area contributed by atoms with Gasteiger partial charge in [-0.2, -0.15) is 0 Å². The molecule has 1 unspecified atom stereocenters. The number of carbonyl (C=O) groups excluding carboxylic acids is 1. The first-order valence-electron chi connectivity index (χ1n) is 4.53. The van der Waals surface area contributed by atoms with Crippen molar-refractivity contribution in [3.63, 3.8) is 0 Å². The van der Waals surface area contributed by atoms with Gasteiger partial charge in [-0.05, 0) is 31.2 Å². The highest BCUT2D eigenvalue weighted by molar-refractivity contribution is 7.91. The summed E-state index contributed by atoms with van der Waals surface area (Å²) >= 11 is 5.65. The summed E-state index contributed by atoms with van der Waals surface area (Å²) in [7, 11) is -3.44. The molecule has 0 aliphatic heterocycles. The average molecular weight is 263 g/mol. The lowest BCUT2D eigenvalue weighted by Crippen LogP contribution is -2.20. The van der Waals surface area contributed by atoms with E-state index in [2.05, 4.69) is 4.74 Å². The first-order valence-corrected chi connectivity index (χ1v) is 6.56. The van der Waals surface area contributed by atoms with Crippen LogP contribution in [0.1, 0.15) is 6.92 Å². The maximum atomic E-state index is 11.8. The fourth-order valence-corrected chi connectivity index (χ4v) is 2.75. The molecule has 0 amide bonds. The fraction of sp³-hybridized carbons (Fsp3) is 0.300. The molecule has 0 saturated carbocycles. The van der Waals surface area contributed by atoms with Crippen molar-refractivity contribution in [3.05, 3.63) is 29.3 Å². The molecule has 6 heteroatoms. The van der Waals surface area contributed by atoms with E-state index in [0.717, 1.165) is 0 Å². The highest BCUT2D eigenvalue weighted by Crippen LogP contribution is 2.16. The molecule has 4 nitrogen and oxygen atoms in total. The summed E-state index contributed by atoms with van der Waals surface area (Å²) in [5.74, 6) is -0.243. The van der Waals surface area contributed by atoms with Crippen LogP contribution in [0, 0.1) is 0 Å². The molecular formula is C10H11ClO4S. The van der Waals surface area contributed by atoms with Crippen molar-refractivity contribution < 1.29 is 17.9 Å². The van der Waals surface area contributed by atoms with Crippen LogP contribution in [0.5, 0.6) is 0 Å². The van der Waals surface area contributed by atoms with Crippen LogP contribution in [-0.4, -0.2) is 26.7 Å². The summed E-state index contributed by atoms with van der Waals surface area (Å²) in [6.07, 6.45) is -0.668. The third-order valence-electron chi connectivity index (χ3n) is 1.91. The number of ether oxygens (including phenoxy) is 1. The lowest BCUT2D eigenvalue weighted by molar-refractivity contribution is -0.131. The fourth-order valence-electron chi connectivity index (χ4n) is 1.18. The number of carbonyl (C=O) groups is 1. The quantitative estimate of drug-likeness (QED) is 0.758. The van der Waals surface area contributed by atoms with Gasteiger partial charge in [0.15, 0.2) is 9.84 Å². The second-order valence-electron chi connectivity index (χ2n) is 3.28. The first kappa shape index (κ1) is 13.0. The van der Waals surface area contributed by atoms with E-state index < -0.39 is 15.9 Å². The Balaban J connectivity index is 2.85. The van der Waals surface area contributed by atoms with Gasteiger partial charge in [-0.25, -0.2) is 8.42 Å². The zero-order valence-electron chi connectivity index (χ0n) is 8.59. The normalized spacial score (nSPS) is 13.1. The van der Waals surface area contributed by atoms with Crippen molar-refractivity contribution in [2.24, 2.45) is 0 Å². The van der Waals surface area contributed by atoms with E-state index in [4.69, 9.17) is 11.6 Å². The van der Waals surface area contributed by atoms with E-state index in [1.54, 1.807) is 0 Å². The van der Waals surface area contributed by atoms with E-state index >= 15 is 0 Å². The molecule has 0 aliphatic carbocycles. The maximum Gasteiger partial charge on any atom is 0.293 e. The zero-order valence-corrected chi connectivity index (χ0v) is 10.2. The highest BCUT2D eigenvalue weighted by atomic mass is 35.5. The van der Waals surface area contributed by atoms with Crippen molar-refractivity contribution in [1.82, 2.24) is 0 Å². The average Bonchev–Trinajstić information content (AvgIpc) is 2.17. The third kappa shape index (κ3) is 3.50. The van der Waals surface area contributed by atoms with E-state index in [1.807, 2.05) is 0 Å². The lowest BCUT2D eigenvalue weighted by atomic mass is 10.4. The molecule has 0 spiro atoms. The first-order chi connectivity index (χ1) is 7.45. The van der Waals surface area contributed by atoms with Crippen LogP contribution < -0.4 is 0 Å². The van der Waals surface area contributed by atoms with Gasteiger partial charge >= 0.3 is 0 Å². The van der Waals surface area contributed by atoms with Crippen molar-refractivity contribution in [3.8, 4) is 0 Å². The number of benzene rings is 1. The monoisotopic (exact) mass is 262 g/mol. The Labute approximate surface area is 99.1 Å². The number of hydrogen-bond donors (Lipinski definition) is 0. The zero-order chi connectivity index (χ0) is 12.2. The summed E-state index contributed by atoms with van der Waals surface area (Å²) in [5.41, 5.74) is 0. The molecule has 1 aromatic carbocycles. The van der Waals surface area contributed by atoms with E-state index in [0.29, 0.717) is 5.02 Å². The Morgan fingerprint density at radius 1 is 1.38 bits per heavy atom. The molecule has 0 heterocycles. The molecule has 0 saturated heterocycles. The minimum atomic E-state index is -3.44. The van der Waals surface area contributed by atoms with Gasteiger partial charge in [0, 0.05) is 5.02 Å². The molecule has 0 fully saturated rings. The molecule has 16 heavy (non-hydrogen) atoms. The Hall–Kier alpha value is -1.07. The number of sulfone groups is 1. The summed E-state index contributed by atoms with van der Waals surface area (Å²) in [5, 5.41) is 0.469. The standard InChI is InChI=1S/C10H11ClO4S/c1-8(15-7-12)6-16(13,14)10-4-2-9(11)3-5-10/h2-5,7-8H,6H2,1H3. The summed E-state index contributed by atoms with van der Waals surface area (Å²) in [4.78, 5) is 10.2. The summed E-state index contributed by atoms with van der Waals surface area (Å²) < 4.78 is 28.1. The summed E-state index contributed by atoms with van der Waals surface area (Å²) in [6, 6.07) is 5.84. The van der Waals surface area contributed by atoms with Gasteiger partial charge in [0.05, 0.1) is 10.6 Å². The van der Waals surface area contributed by atoms with Crippen LogP contribution in [0.3, 0.4) is 0 Å². The van der Waals surface area contributed by atoms with Crippen LogP contribution >= 0.6 is 11.6 Å².